The number of hydrogen-bond acceptors (Lipinski definition) is 2. The first-order valence-corrected chi connectivity index (χ1v) is 7.00. The molecule has 1 fully saturated rings. The summed E-state index contributed by atoms with van der Waals surface area (Å²) in [7, 11) is 1.75. The average molecular weight is 247 g/mol. The Bertz CT molecular complexity index is 416. The van der Waals surface area contributed by atoms with Crippen LogP contribution in [0.5, 0.6) is 5.75 Å². The van der Waals surface area contributed by atoms with E-state index < -0.39 is 0 Å². The van der Waals surface area contributed by atoms with Crippen molar-refractivity contribution in [1.29, 1.82) is 0 Å². The molecule has 0 radical (unpaired) electrons. The van der Waals surface area contributed by atoms with E-state index in [1.807, 2.05) is 0 Å². The van der Waals surface area contributed by atoms with E-state index in [1.165, 1.54) is 24.0 Å². The summed E-state index contributed by atoms with van der Waals surface area (Å²) in [6.45, 7) is 8.86. The third-order valence-corrected chi connectivity index (χ3v) is 4.30. The van der Waals surface area contributed by atoms with Crippen LogP contribution in [0.3, 0.4) is 0 Å². The van der Waals surface area contributed by atoms with E-state index in [9.17, 15) is 0 Å². The first-order chi connectivity index (χ1) is 8.64. The third-order valence-electron chi connectivity index (χ3n) is 4.30. The van der Waals surface area contributed by atoms with E-state index in [-0.39, 0.29) is 0 Å². The SMILES string of the molecule is CCCNCC1(c2ccc(C)c(OC)c2)CC1C. The zero-order valence-electron chi connectivity index (χ0n) is 12.0. The van der Waals surface area contributed by atoms with Crippen molar-refractivity contribution < 1.29 is 4.74 Å². The molecule has 1 N–H and O–H groups in total. The van der Waals surface area contributed by atoms with Gasteiger partial charge in [-0.15, -0.1) is 0 Å². The van der Waals surface area contributed by atoms with Gasteiger partial charge in [-0.25, -0.2) is 0 Å². The monoisotopic (exact) mass is 247 g/mol. The smallest absolute Gasteiger partial charge is 0.122 e. The number of benzene rings is 1. The van der Waals surface area contributed by atoms with E-state index in [0.717, 1.165) is 24.8 Å². The summed E-state index contributed by atoms with van der Waals surface area (Å²) in [5.74, 6) is 1.79. The molecule has 18 heavy (non-hydrogen) atoms. The number of rotatable bonds is 6. The fourth-order valence-corrected chi connectivity index (χ4v) is 2.86. The van der Waals surface area contributed by atoms with Crippen LogP contribution in [0, 0.1) is 12.8 Å². The lowest BCUT2D eigenvalue weighted by molar-refractivity contribution is 0.410. The van der Waals surface area contributed by atoms with Gasteiger partial charge in [-0.05, 0) is 49.4 Å². The molecule has 0 aliphatic heterocycles. The second kappa shape index (κ2) is 5.31. The van der Waals surface area contributed by atoms with Gasteiger partial charge in [0.2, 0.25) is 0 Å². The van der Waals surface area contributed by atoms with Crippen LogP contribution in [0.2, 0.25) is 0 Å². The highest BCUT2D eigenvalue weighted by molar-refractivity contribution is 5.43. The van der Waals surface area contributed by atoms with Crippen molar-refractivity contribution in [3.63, 3.8) is 0 Å². The fourth-order valence-electron chi connectivity index (χ4n) is 2.86. The van der Waals surface area contributed by atoms with E-state index in [1.54, 1.807) is 7.11 Å². The highest BCUT2D eigenvalue weighted by atomic mass is 16.5. The third kappa shape index (κ3) is 2.39. The van der Waals surface area contributed by atoms with Crippen LogP contribution in [0.1, 0.15) is 37.8 Å². The second-order valence-electron chi connectivity index (χ2n) is 5.62. The van der Waals surface area contributed by atoms with E-state index in [0.29, 0.717) is 5.41 Å². The molecular formula is C16H25NO. The Balaban J connectivity index is 2.17. The molecule has 0 aromatic heterocycles. The lowest BCUT2D eigenvalue weighted by Gasteiger charge is -2.19. The van der Waals surface area contributed by atoms with Crippen LogP contribution < -0.4 is 10.1 Å². The number of aryl methyl sites for hydroxylation is 1. The second-order valence-corrected chi connectivity index (χ2v) is 5.62. The molecule has 2 rings (SSSR count). The Morgan fingerprint density at radius 1 is 1.44 bits per heavy atom. The molecule has 0 saturated heterocycles. The molecule has 2 atom stereocenters. The van der Waals surface area contributed by atoms with Gasteiger partial charge in [-0.2, -0.15) is 0 Å². The minimum atomic E-state index is 0.343. The molecule has 1 aromatic carbocycles. The molecule has 100 valence electrons. The number of nitrogens with one attached hydrogen (secondary N) is 1. The van der Waals surface area contributed by atoms with Gasteiger partial charge in [0.05, 0.1) is 7.11 Å². The Hall–Kier alpha value is -1.02. The normalized spacial score (nSPS) is 26.1. The van der Waals surface area contributed by atoms with Gasteiger partial charge in [-0.3, -0.25) is 0 Å². The topological polar surface area (TPSA) is 21.3 Å². The van der Waals surface area contributed by atoms with Gasteiger partial charge in [0, 0.05) is 12.0 Å². The standard InChI is InChI=1S/C16H25NO/c1-5-8-17-11-16(10-13(16)3)14-7-6-12(2)15(9-14)18-4/h6-7,9,13,17H,5,8,10-11H2,1-4H3. The van der Waals surface area contributed by atoms with Gasteiger partial charge in [0.15, 0.2) is 0 Å². The first-order valence-electron chi connectivity index (χ1n) is 7.00. The molecule has 1 aliphatic carbocycles. The fraction of sp³-hybridized carbons (Fsp3) is 0.625. The molecule has 0 amide bonds. The van der Waals surface area contributed by atoms with Crippen LogP contribution in [0.15, 0.2) is 18.2 Å². The van der Waals surface area contributed by atoms with Crippen molar-refractivity contribution in [2.75, 3.05) is 20.2 Å². The van der Waals surface area contributed by atoms with Gasteiger partial charge < -0.3 is 10.1 Å². The zero-order valence-corrected chi connectivity index (χ0v) is 12.0. The van der Waals surface area contributed by atoms with E-state index in [2.05, 4.69) is 44.3 Å². The highest BCUT2D eigenvalue weighted by Crippen LogP contribution is 2.54. The highest BCUT2D eigenvalue weighted by Gasteiger charge is 2.51. The van der Waals surface area contributed by atoms with Crippen molar-refractivity contribution in [3.8, 4) is 5.75 Å². The minimum absolute atomic E-state index is 0.343. The molecular weight excluding hydrogens is 222 g/mol. The summed E-state index contributed by atoms with van der Waals surface area (Å²) in [6, 6.07) is 6.68. The lowest BCUT2D eigenvalue weighted by atomic mass is 9.92. The Kier molecular flexibility index (Phi) is 3.96. The van der Waals surface area contributed by atoms with Gasteiger partial charge in [-0.1, -0.05) is 26.0 Å². The summed E-state index contributed by atoms with van der Waals surface area (Å²) < 4.78 is 5.45. The zero-order chi connectivity index (χ0) is 13.2. The van der Waals surface area contributed by atoms with Crippen molar-refractivity contribution >= 4 is 0 Å². The largest absolute Gasteiger partial charge is 0.496 e. The molecule has 1 aliphatic rings. The Morgan fingerprint density at radius 2 is 2.17 bits per heavy atom. The maximum absolute atomic E-state index is 5.45. The van der Waals surface area contributed by atoms with E-state index >= 15 is 0 Å². The first kappa shape index (κ1) is 13.4. The summed E-state index contributed by atoms with van der Waals surface area (Å²) >= 11 is 0. The predicted octanol–water partition coefficient (Wildman–Crippen LogP) is 3.28. The molecule has 2 nitrogen and oxygen atoms in total. The van der Waals surface area contributed by atoms with Crippen molar-refractivity contribution in [2.24, 2.45) is 5.92 Å². The number of methoxy groups -OCH3 is 1. The molecule has 2 unspecified atom stereocenters. The predicted molar refractivity (Wildman–Crippen MR) is 76.4 cm³/mol. The quantitative estimate of drug-likeness (QED) is 0.779. The number of ether oxygens (including phenoxy) is 1. The van der Waals surface area contributed by atoms with Crippen molar-refractivity contribution in [2.45, 2.75) is 39.0 Å². The summed E-state index contributed by atoms with van der Waals surface area (Å²) in [6.07, 6.45) is 2.48. The Labute approximate surface area is 111 Å². The minimum Gasteiger partial charge on any atom is -0.496 e. The molecule has 2 heteroatoms. The molecule has 0 heterocycles. The van der Waals surface area contributed by atoms with Gasteiger partial charge in [0.1, 0.15) is 5.75 Å². The van der Waals surface area contributed by atoms with Gasteiger partial charge >= 0.3 is 0 Å². The molecule has 1 saturated carbocycles. The Morgan fingerprint density at radius 3 is 2.72 bits per heavy atom. The van der Waals surface area contributed by atoms with Crippen LogP contribution in [0.4, 0.5) is 0 Å². The van der Waals surface area contributed by atoms with Gasteiger partial charge in [0.25, 0.3) is 0 Å². The summed E-state index contributed by atoms with van der Waals surface area (Å²) in [5.41, 5.74) is 2.99. The lowest BCUT2D eigenvalue weighted by Crippen LogP contribution is -2.29. The molecule has 1 aromatic rings. The maximum atomic E-state index is 5.45. The van der Waals surface area contributed by atoms with E-state index in [4.69, 9.17) is 4.74 Å². The van der Waals surface area contributed by atoms with Crippen LogP contribution in [-0.4, -0.2) is 20.2 Å². The summed E-state index contributed by atoms with van der Waals surface area (Å²) in [5, 5.41) is 3.58. The maximum Gasteiger partial charge on any atom is 0.122 e. The van der Waals surface area contributed by atoms with Crippen LogP contribution in [-0.2, 0) is 5.41 Å². The van der Waals surface area contributed by atoms with Crippen molar-refractivity contribution in [3.05, 3.63) is 29.3 Å². The van der Waals surface area contributed by atoms with Crippen LogP contribution >= 0.6 is 0 Å². The average Bonchev–Trinajstić information content (AvgIpc) is 3.02. The van der Waals surface area contributed by atoms with Crippen LogP contribution in [0.25, 0.3) is 0 Å². The summed E-state index contributed by atoms with van der Waals surface area (Å²) in [4.78, 5) is 0. The molecule has 0 bridgehead atoms. The van der Waals surface area contributed by atoms with Crippen molar-refractivity contribution in [1.82, 2.24) is 5.32 Å². The molecule has 0 spiro atoms. The number of hydrogen-bond donors (Lipinski definition) is 1.